The fraction of sp³-hybridized carbons (Fsp3) is 0.611. The predicted molar refractivity (Wildman–Crippen MR) is 95.9 cm³/mol. The van der Waals surface area contributed by atoms with Crippen molar-refractivity contribution in [2.45, 2.75) is 43.8 Å². The minimum absolute atomic E-state index is 0.156. The minimum Gasteiger partial charge on any atom is -0.352 e. The van der Waals surface area contributed by atoms with Crippen LogP contribution in [0.3, 0.4) is 0 Å². The molecular weight excluding hydrogens is 324 g/mol. The molecule has 1 fully saturated rings. The van der Waals surface area contributed by atoms with Gasteiger partial charge in [0, 0.05) is 18.7 Å². The number of sulfone groups is 1. The molecule has 0 saturated carbocycles. The number of carbonyl (C=O) groups excluding carboxylic acids is 1. The number of hydrogen-bond donors (Lipinski definition) is 1. The van der Waals surface area contributed by atoms with Gasteiger partial charge in [0.2, 0.25) is 0 Å². The topological polar surface area (TPSA) is 66.5 Å². The van der Waals surface area contributed by atoms with E-state index in [0.29, 0.717) is 18.0 Å². The van der Waals surface area contributed by atoms with Crippen molar-refractivity contribution in [2.24, 2.45) is 5.92 Å². The zero-order chi connectivity index (χ0) is 17.7. The van der Waals surface area contributed by atoms with Crippen molar-refractivity contribution < 1.29 is 13.2 Å². The van der Waals surface area contributed by atoms with Crippen molar-refractivity contribution in [1.29, 1.82) is 0 Å². The Labute approximate surface area is 145 Å². The molecule has 1 heterocycles. The highest BCUT2D eigenvalue weighted by molar-refractivity contribution is 7.92. The van der Waals surface area contributed by atoms with E-state index in [9.17, 15) is 13.2 Å². The molecule has 1 saturated heterocycles. The van der Waals surface area contributed by atoms with Crippen LogP contribution in [0.25, 0.3) is 0 Å². The number of carbonyl (C=O) groups is 1. The van der Waals surface area contributed by atoms with Gasteiger partial charge < -0.3 is 10.2 Å². The molecule has 1 aromatic rings. The van der Waals surface area contributed by atoms with Crippen LogP contribution in [0.1, 0.15) is 44.0 Å². The maximum atomic E-state index is 12.2. The van der Waals surface area contributed by atoms with Gasteiger partial charge in [-0.05, 0) is 70.0 Å². The summed E-state index contributed by atoms with van der Waals surface area (Å²) in [5, 5.41) is 2.47. The summed E-state index contributed by atoms with van der Waals surface area (Å²) in [7, 11) is -3.30. The highest BCUT2D eigenvalue weighted by Crippen LogP contribution is 2.16. The maximum absolute atomic E-state index is 12.2. The van der Waals surface area contributed by atoms with Crippen LogP contribution in [0.15, 0.2) is 29.2 Å². The van der Waals surface area contributed by atoms with E-state index >= 15 is 0 Å². The number of benzene rings is 1. The van der Waals surface area contributed by atoms with E-state index in [0.717, 1.165) is 19.6 Å². The molecule has 0 aliphatic carbocycles. The molecule has 1 aliphatic heterocycles. The van der Waals surface area contributed by atoms with E-state index in [2.05, 4.69) is 17.1 Å². The molecule has 134 valence electrons. The zero-order valence-electron chi connectivity index (χ0n) is 14.8. The molecule has 1 aromatic carbocycles. The van der Waals surface area contributed by atoms with E-state index in [4.69, 9.17) is 0 Å². The van der Waals surface area contributed by atoms with Crippen molar-refractivity contribution in [2.75, 3.05) is 26.2 Å². The van der Waals surface area contributed by atoms with Crippen molar-refractivity contribution in [1.82, 2.24) is 10.2 Å². The second-order valence-electron chi connectivity index (χ2n) is 6.94. The van der Waals surface area contributed by atoms with E-state index in [1.807, 2.05) is 0 Å². The summed E-state index contributed by atoms with van der Waals surface area (Å²) in [5.41, 5.74) is 0.492. The third kappa shape index (κ3) is 4.80. The molecule has 1 amide bonds. The summed E-state index contributed by atoms with van der Waals surface area (Å²) < 4.78 is 24.2. The molecule has 1 atom stereocenters. The molecule has 0 bridgehead atoms. The molecule has 5 nitrogen and oxygen atoms in total. The Morgan fingerprint density at radius 3 is 2.25 bits per heavy atom. The number of nitrogens with one attached hydrogen (secondary N) is 1. The second-order valence-corrected chi connectivity index (χ2v) is 9.45. The smallest absolute Gasteiger partial charge is 0.251 e. The van der Waals surface area contributed by atoms with Crippen LogP contribution in [0, 0.1) is 5.92 Å². The quantitative estimate of drug-likeness (QED) is 0.818. The first-order chi connectivity index (χ1) is 11.3. The zero-order valence-corrected chi connectivity index (χ0v) is 15.6. The largest absolute Gasteiger partial charge is 0.352 e. The molecule has 1 N–H and O–H groups in total. The van der Waals surface area contributed by atoms with Crippen LogP contribution < -0.4 is 5.32 Å². The number of amides is 1. The summed E-state index contributed by atoms with van der Waals surface area (Å²) in [6.07, 6.45) is 2.54. The Bertz CT molecular complexity index is 647. The SMILES string of the molecule is CC(CNC(=O)c1ccc(S(=O)(=O)C(C)C)cc1)CN1CCCC1. The lowest BCUT2D eigenvalue weighted by atomic mass is 10.1. The highest BCUT2D eigenvalue weighted by atomic mass is 32.2. The van der Waals surface area contributed by atoms with Crippen LogP contribution >= 0.6 is 0 Å². The molecule has 0 spiro atoms. The Hall–Kier alpha value is -1.40. The fourth-order valence-electron chi connectivity index (χ4n) is 2.91. The first kappa shape index (κ1) is 18.9. The average Bonchev–Trinajstić information content (AvgIpc) is 3.05. The van der Waals surface area contributed by atoms with Crippen molar-refractivity contribution in [3.8, 4) is 0 Å². The van der Waals surface area contributed by atoms with Gasteiger partial charge in [-0.1, -0.05) is 6.92 Å². The second kappa shape index (κ2) is 8.12. The average molecular weight is 353 g/mol. The lowest BCUT2D eigenvalue weighted by molar-refractivity contribution is 0.0945. The minimum atomic E-state index is -3.30. The van der Waals surface area contributed by atoms with Gasteiger partial charge in [-0.15, -0.1) is 0 Å². The monoisotopic (exact) mass is 352 g/mol. The van der Waals surface area contributed by atoms with E-state index in [-0.39, 0.29) is 10.8 Å². The summed E-state index contributed by atoms with van der Waals surface area (Å²) in [4.78, 5) is 14.9. The van der Waals surface area contributed by atoms with Gasteiger partial charge in [-0.2, -0.15) is 0 Å². The number of likely N-dealkylation sites (tertiary alicyclic amines) is 1. The Kier molecular flexibility index (Phi) is 6.40. The Balaban J connectivity index is 1.88. The number of hydrogen-bond acceptors (Lipinski definition) is 4. The number of nitrogens with zero attached hydrogens (tertiary/aromatic N) is 1. The molecule has 1 aliphatic rings. The standard InChI is InChI=1S/C18H28N2O3S/c1-14(2)24(22,23)17-8-6-16(7-9-17)18(21)19-12-15(3)13-20-10-4-5-11-20/h6-9,14-15H,4-5,10-13H2,1-3H3,(H,19,21). The van der Waals surface area contributed by atoms with Gasteiger partial charge >= 0.3 is 0 Å². The summed E-state index contributed by atoms with van der Waals surface area (Å²) in [6, 6.07) is 6.18. The molecular formula is C18H28N2O3S. The van der Waals surface area contributed by atoms with Crippen molar-refractivity contribution >= 4 is 15.7 Å². The van der Waals surface area contributed by atoms with Gasteiger partial charge in [0.25, 0.3) is 5.91 Å². The molecule has 0 radical (unpaired) electrons. The first-order valence-electron chi connectivity index (χ1n) is 8.65. The lowest BCUT2D eigenvalue weighted by Crippen LogP contribution is -2.34. The third-order valence-corrected chi connectivity index (χ3v) is 6.62. The van der Waals surface area contributed by atoms with Gasteiger partial charge in [0.15, 0.2) is 9.84 Å². The summed E-state index contributed by atoms with van der Waals surface area (Å²) in [5.74, 6) is 0.240. The van der Waals surface area contributed by atoms with Gasteiger partial charge in [0.05, 0.1) is 10.1 Å². The van der Waals surface area contributed by atoms with Crippen LogP contribution in [0.5, 0.6) is 0 Å². The molecule has 1 unspecified atom stereocenters. The Morgan fingerprint density at radius 1 is 1.12 bits per heavy atom. The first-order valence-corrected chi connectivity index (χ1v) is 10.2. The fourth-order valence-corrected chi connectivity index (χ4v) is 3.97. The molecule has 0 aromatic heterocycles. The summed E-state index contributed by atoms with van der Waals surface area (Å²) in [6.45, 7) is 9.38. The number of rotatable bonds is 7. The van der Waals surface area contributed by atoms with E-state index in [1.165, 1.54) is 25.0 Å². The van der Waals surface area contributed by atoms with E-state index < -0.39 is 15.1 Å². The van der Waals surface area contributed by atoms with Gasteiger partial charge in [-0.3, -0.25) is 4.79 Å². The predicted octanol–water partition coefficient (Wildman–Crippen LogP) is 2.33. The Morgan fingerprint density at radius 2 is 1.71 bits per heavy atom. The van der Waals surface area contributed by atoms with E-state index in [1.54, 1.807) is 26.0 Å². The maximum Gasteiger partial charge on any atom is 0.251 e. The lowest BCUT2D eigenvalue weighted by Gasteiger charge is -2.20. The van der Waals surface area contributed by atoms with Crippen LogP contribution in [-0.2, 0) is 9.84 Å². The molecule has 2 rings (SSSR count). The summed E-state index contributed by atoms with van der Waals surface area (Å²) >= 11 is 0. The van der Waals surface area contributed by atoms with Crippen molar-refractivity contribution in [3.63, 3.8) is 0 Å². The van der Waals surface area contributed by atoms with Gasteiger partial charge in [-0.25, -0.2) is 8.42 Å². The van der Waals surface area contributed by atoms with Crippen molar-refractivity contribution in [3.05, 3.63) is 29.8 Å². The molecule has 6 heteroatoms. The molecule has 24 heavy (non-hydrogen) atoms. The van der Waals surface area contributed by atoms with Gasteiger partial charge in [0.1, 0.15) is 0 Å². The van der Waals surface area contributed by atoms with Crippen LogP contribution in [-0.4, -0.2) is 50.7 Å². The van der Waals surface area contributed by atoms with Crippen LogP contribution in [0.2, 0.25) is 0 Å². The third-order valence-electron chi connectivity index (χ3n) is 4.45. The van der Waals surface area contributed by atoms with Crippen LogP contribution in [0.4, 0.5) is 0 Å². The highest BCUT2D eigenvalue weighted by Gasteiger charge is 2.19. The normalized spacial score (nSPS) is 17.2.